The first-order valence-corrected chi connectivity index (χ1v) is 7.95. The summed E-state index contributed by atoms with van der Waals surface area (Å²) in [6, 6.07) is 9.90. The van der Waals surface area contributed by atoms with E-state index in [0.717, 1.165) is 18.4 Å². The number of aliphatic hydroxyl groups is 1. The lowest BCUT2D eigenvalue weighted by atomic mass is 9.98. The molecule has 3 nitrogen and oxygen atoms in total. The summed E-state index contributed by atoms with van der Waals surface area (Å²) in [5.74, 6) is -2.40. The molecule has 1 atom stereocenters. The van der Waals surface area contributed by atoms with Crippen molar-refractivity contribution >= 4 is 0 Å². The Hall–Kier alpha value is -1.98. The lowest BCUT2D eigenvalue weighted by Gasteiger charge is -2.15. The van der Waals surface area contributed by atoms with E-state index >= 15 is 0 Å². The Morgan fingerprint density at radius 1 is 1.00 bits per heavy atom. The second kappa shape index (κ2) is 8.76. The smallest absolute Gasteiger partial charge is 0.201 e. The van der Waals surface area contributed by atoms with Crippen molar-refractivity contribution < 1.29 is 23.4 Å². The molecule has 0 aliphatic rings. The molecule has 0 spiro atoms. The molecule has 5 heteroatoms. The number of aliphatic hydroxyl groups excluding tert-OH is 1. The van der Waals surface area contributed by atoms with E-state index in [1.165, 1.54) is 19.2 Å². The molecule has 0 heterocycles. The van der Waals surface area contributed by atoms with E-state index in [4.69, 9.17) is 9.47 Å². The number of rotatable bonds is 8. The second-order valence-corrected chi connectivity index (χ2v) is 5.52. The number of ether oxygens (including phenoxy) is 2. The third-order valence-corrected chi connectivity index (χ3v) is 3.75. The van der Waals surface area contributed by atoms with Gasteiger partial charge in [-0.05, 0) is 29.7 Å². The monoisotopic (exact) mass is 336 g/mol. The summed E-state index contributed by atoms with van der Waals surface area (Å²) < 4.78 is 38.3. The maximum atomic E-state index is 14.3. The summed E-state index contributed by atoms with van der Waals surface area (Å²) in [6.45, 7) is 2.47. The van der Waals surface area contributed by atoms with Crippen LogP contribution in [0.5, 0.6) is 5.75 Å². The van der Waals surface area contributed by atoms with Gasteiger partial charge in [0.2, 0.25) is 5.82 Å². The molecule has 0 aliphatic heterocycles. The van der Waals surface area contributed by atoms with Crippen molar-refractivity contribution in [1.82, 2.24) is 0 Å². The Morgan fingerprint density at radius 2 is 1.71 bits per heavy atom. The van der Waals surface area contributed by atoms with Crippen molar-refractivity contribution in [1.29, 1.82) is 0 Å². The molecule has 130 valence electrons. The van der Waals surface area contributed by atoms with Crippen LogP contribution in [0.25, 0.3) is 0 Å². The Kier molecular flexibility index (Phi) is 6.70. The third-order valence-electron chi connectivity index (χ3n) is 3.75. The molecule has 0 saturated carbocycles. The molecular formula is C19H22F2O3. The van der Waals surface area contributed by atoms with Crippen LogP contribution in [0.1, 0.15) is 36.1 Å². The Bertz CT molecular complexity index is 656. The molecule has 2 aromatic rings. The van der Waals surface area contributed by atoms with Crippen LogP contribution in [-0.2, 0) is 11.2 Å². The Labute approximate surface area is 140 Å². The molecular weight excluding hydrogens is 314 g/mol. The zero-order chi connectivity index (χ0) is 17.5. The van der Waals surface area contributed by atoms with Crippen LogP contribution in [0, 0.1) is 11.6 Å². The zero-order valence-corrected chi connectivity index (χ0v) is 13.9. The predicted molar refractivity (Wildman–Crippen MR) is 88.2 cm³/mol. The fraction of sp³-hybridized carbons (Fsp3) is 0.368. The fourth-order valence-electron chi connectivity index (χ4n) is 2.44. The topological polar surface area (TPSA) is 38.7 Å². The highest BCUT2D eigenvalue weighted by molar-refractivity contribution is 5.37. The lowest BCUT2D eigenvalue weighted by Crippen LogP contribution is -2.09. The van der Waals surface area contributed by atoms with Crippen LogP contribution in [0.3, 0.4) is 0 Å². The summed E-state index contributed by atoms with van der Waals surface area (Å²) in [5.41, 5.74) is 1.54. The maximum Gasteiger partial charge on any atom is 0.201 e. The van der Waals surface area contributed by atoms with Gasteiger partial charge in [-0.25, -0.2) is 4.39 Å². The van der Waals surface area contributed by atoms with Crippen molar-refractivity contribution in [2.75, 3.05) is 20.3 Å². The van der Waals surface area contributed by atoms with Crippen LogP contribution in [0.2, 0.25) is 0 Å². The van der Waals surface area contributed by atoms with Gasteiger partial charge in [-0.2, -0.15) is 4.39 Å². The van der Waals surface area contributed by atoms with Gasteiger partial charge in [0.15, 0.2) is 11.6 Å². The van der Waals surface area contributed by atoms with Gasteiger partial charge in [-0.15, -0.1) is 0 Å². The summed E-state index contributed by atoms with van der Waals surface area (Å²) >= 11 is 0. The normalized spacial score (nSPS) is 12.2. The number of hydrogen-bond donors (Lipinski definition) is 1. The third kappa shape index (κ3) is 4.30. The SMILES string of the molecule is CCCc1ccc(C(O)c2ccc(OCCOC)c(F)c2F)cc1. The Morgan fingerprint density at radius 3 is 2.33 bits per heavy atom. The van der Waals surface area contributed by atoms with Gasteiger partial charge < -0.3 is 14.6 Å². The molecule has 0 saturated heterocycles. The molecule has 0 aliphatic carbocycles. The highest BCUT2D eigenvalue weighted by Crippen LogP contribution is 2.30. The number of hydrogen-bond acceptors (Lipinski definition) is 3. The van der Waals surface area contributed by atoms with Crippen LogP contribution >= 0.6 is 0 Å². The van der Waals surface area contributed by atoms with E-state index in [-0.39, 0.29) is 24.5 Å². The standard InChI is InChI=1S/C19H22F2O3/c1-3-4-13-5-7-14(8-6-13)19(22)15-9-10-16(18(21)17(15)20)24-12-11-23-2/h5-10,19,22H,3-4,11-12H2,1-2H3. The van der Waals surface area contributed by atoms with Gasteiger partial charge in [-0.1, -0.05) is 37.6 Å². The average Bonchev–Trinajstić information content (AvgIpc) is 2.59. The highest BCUT2D eigenvalue weighted by Gasteiger charge is 2.21. The van der Waals surface area contributed by atoms with Crippen molar-refractivity contribution in [3.8, 4) is 5.75 Å². The minimum absolute atomic E-state index is 0.116. The van der Waals surface area contributed by atoms with E-state index in [9.17, 15) is 13.9 Å². The molecule has 1 unspecified atom stereocenters. The van der Waals surface area contributed by atoms with Gasteiger partial charge in [0.1, 0.15) is 12.7 Å². The van der Waals surface area contributed by atoms with E-state index in [0.29, 0.717) is 5.56 Å². The fourth-order valence-corrected chi connectivity index (χ4v) is 2.44. The number of aryl methyl sites for hydroxylation is 1. The van der Waals surface area contributed by atoms with Gasteiger partial charge >= 0.3 is 0 Å². The Balaban J connectivity index is 2.19. The lowest BCUT2D eigenvalue weighted by molar-refractivity contribution is 0.143. The average molecular weight is 336 g/mol. The van der Waals surface area contributed by atoms with Crippen LogP contribution in [0.4, 0.5) is 8.78 Å². The zero-order valence-electron chi connectivity index (χ0n) is 13.9. The molecule has 0 aromatic heterocycles. The summed E-state index contributed by atoms with van der Waals surface area (Å²) in [6.07, 6.45) is 0.724. The molecule has 1 N–H and O–H groups in total. The van der Waals surface area contributed by atoms with E-state index < -0.39 is 17.7 Å². The predicted octanol–water partition coefficient (Wildman–Crippen LogP) is 4.02. The van der Waals surface area contributed by atoms with Crippen LogP contribution in [0.15, 0.2) is 36.4 Å². The minimum Gasteiger partial charge on any atom is -0.488 e. The molecule has 0 fully saturated rings. The van der Waals surface area contributed by atoms with Crippen molar-refractivity contribution in [3.63, 3.8) is 0 Å². The minimum atomic E-state index is -1.23. The number of halogens is 2. The first kappa shape index (κ1) is 18.4. The van der Waals surface area contributed by atoms with Gasteiger partial charge in [0.05, 0.1) is 6.61 Å². The summed E-state index contributed by atoms with van der Waals surface area (Å²) in [5, 5.41) is 10.4. The van der Waals surface area contributed by atoms with E-state index in [1.807, 2.05) is 12.1 Å². The molecule has 0 bridgehead atoms. The largest absolute Gasteiger partial charge is 0.488 e. The molecule has 0 amide bonds. The molecule has 2 aromatic carbocycles. The maximum absolute atomic E-state index is 14.3. The number of benzene rings is 2. The van der Waals surface area contributed by atoms with E-state index in [2.05, 4.69) is 6.92 Å². The summed E-state index contributed by atoms with van der Waals surface area (Å²) in [4.78, 5) is 0. The number of methoxy groups -OCH3 is 1. The summed E-state index contributed by atoms with van der Waals surface area (Å²) in [7, 11) is 1.49. The van der Waals surface area contributed by atoms with Crippen molar-refractivity contribution in [2.45, 2.75) is 25.9 Å². The van der Waals surface area contributed by atoms with E-state index in [1.54, 1.807) is 12.1 Å². The van der Waals surface area contributed by atoms with Crippen LogP contribution in [-0.4, -0.2) is 25.4 Å². The van der Waals surface area contributed by atoms with Crippen molar-refractivity contribution in [3.05, 3.63) is 64.7 Å². The first-order valence-electron chi connectivity index (χ1n) is 7.95. The van der Waals surface area contributed by atoms with Gasteiger partial charge in [0, 0.05) is 12.7 Å². The molecule has 0 radical (unpaired) electrons. The highest BCUT2D eigenvalue weighted by atomic mass is 19.2. The molecule has 2 rings (SSSR count). The first-order chi connectivity index (χ1) is 11.6. The van der Waals surface area contributed by atoms with Gasteiger partial charge in [0.25, 0.3) is 0 Å². The van der Waals surface area contributed by atoms with Crippen LogP contribution < -0.4 is 4.74 Å². The van der Waals surface area contributed by atoms with Crippen molar-refractivity contribution in [2.24, 2.45) is 0 Å². The second-order valence-electron chi connectivity index (χ2n) is 5.52. The van der Waals surface area contributed by atoms with Gasteiger partial charge in [-0.3, -0.25) is 0 Å². The quantitative estimate of drug-likeness (QED) is 0.740. The molecule has 24 heavy (non-hydrogen) atoms.